The lowest BCUT2D eigenvalue weighted by Crippen LogP contribution is -2.32. The molecule has 0 aliphatic heterocycles. The van der Waals surface area contributed by atoms with Gasteiger partial charge in [-0.05, 0) is 49.2 Å². The van der Waals surface area contributed by atoms with Gasteiger partial charge >= 0.3 is 0 Å². The number of hydrogen-bond donors (Lipinski definition) is 2. The van der Waals surface area contributed by atoms with Crippen LogP contribution in [-0.4, -0.2) is 22.2 Å². The molecule has 1 amide bonds. The van der Waals surface area contributed by atoms with Gasteiger partial charge in [-0.2, -0.15) is 5.10 Å². The molecule has 1 atom stereocenters. The van der Waals surface area contributed by atoms with Gasteiger partial charge in [0.1, 0.15) is 0 Å². The van der Waals surface area contributed by atoms with Crippen molar-refractivity contribution in [3.8, 4) is 0 Å². The summed E-state index contributed by atoms with van der Waals surface area (Å²) in [7, 11) is 1.96. The molecular weight excluding hydrogens is 312 g/mol. The quantitative estimate of drug-likeness (QED) is 0.890. The first-order valence-corrected chi connectivity index (χ1v) is 8.99. The highest BCUT2D eigenvalue weighted by Crippen LogP contribution is 2.42. The average molecular weight is 336 g/mol. The van der Waals surface area contributed by atoms with E-state index in [1.54, 1.807) is 0 Å². The van der Waals surface area contributed by atoms with Crippen molar-refractivity contribution in [3.63, 3.8) is 0 Å². The SMILES string of the molecule is Cn1ncc2c1CCC1=C(N)CCC(C(=O)NCC3C=CC=CC3)=C12. The molecule has 0 saturated carbocycles. The van der Waals surface area contributed by atoms with Crippen LogP contribution in [0.2, 0.25) is 0 Å². The van der Waals surface area contributed by atoms with Crippen molar-refractivity contribution in [2.24, 2.45) is 18.7 Å². The smallest absolute Gasteiger partial charge is 0.247 e. The molecular formula is C20H24N4O. The number of carbonyl (C=O) groups is 1. The highest BCUT2D eigenvalue weighted by atomic mass is 16.1. The first-order valence-electron chi connectivity index (χ1n) is 8.99. The van der Waals surface area contributed by atoms with Crippen molar-refractivity contribution in [3.05, 3.63) is 58.6 Å². The van der Waals surface area contributed by atoms with Gasteiger partial charge in [0.2, 0.25) is 5.91 Å². The second kappa shape index (κ2) is 6.39. The summed E-state index contributed by atoms with van der Waals surface area (Å²) >= 11 is 0. The number of rotatable bonds is 3. The minimum atomic E-state index is 0.0413. The van der Waals surface area contributed by atoms with E-state index in [0.29, 0.717) is 18.9 Å². The summed E-state index contributed by atoms with van der Waals surface area (Å²) in [5, 5.41) is 7.53. The zero-order chi connectivity index (χ0) is 17.4. The van der Waals surface area contributed by atoms with Gasteiger partial charge in [0.05, 0.1) is 6.20 Å². The van der Waals surface area contributed by atoms with Gasteiger partial charge in [-0.25, -0.2) is 0 Å². The lowest BCUT2D eigenvalue weighted by molar-refractivity contribution is -0.117. The van der Waals surface area contributed by atoms with E-state index < -0.39 is 0 Å². The number of amides is 1. The second-order valence-corrected chi connectivity index (χ2v) is 7.00. The van der Waals surface area contributed by atoms with Crippen molar-refractivity contribution in [2.45, 2.75) is 32.1 Å². The fraction of sp³-hybridized carbons (Fsp3) is 0.400. The standard InChI is InChI=1S/C20H24N4O/c1-24-18-10-8-14-17(21)9-7-15(19(14)16(18)12-23-24)20(25)22-11-13-5-3-2-4-6-13/h2-5,12-13H,6-11,21H2,1H3,(H,22,25). The third-order valence-corrected chi connectivity index (χ3v) is 5.45. The van der Waals surface area contributed by atoms with Crippen LogP contribution in [0.3, 0.4) is 0 Å². The van der Waals surface area contributed by atoms with E-state index in [1.807, 2.05) is 24.0 Å². The molecule has 0 saturated heterocycles. The molecule has 3 aliphatic rings. The first-order chi connectivity index (χ1) is 12.1. The Morgan fingerprint density at radius 2 is 2.20 bits per heavy atom. The van der Waals surface area contributed by atoms with Gasteiger partial charge in [-0.3, -0.25) is 9.48 Å². The summed E-state index contributed by atoms with van der Waals surface area (Å²) in [5.41, 5.74) is 12.5. The molecule has 3 aliphatic carbocycles. The van der Waals surface area contributed by atoms with Gasteiger partial charge in [0.15, 0.2) is 0 Å². The monoisotopic (exact) mass is 336 g/mol. The van der Waals surface area contributed by atoms with Crippen molar-refractivity contribution >= 4 is 11.5 Å². The summed E-state index contributed by atoms with van der Waals surface area (Å²) in [6.45, 7) is 0.672. The summed E-state index contributed by atoms with van der Waals surface area (Å²) in [5.74, 6) is 0.420. The Bertz CT molecular complexity index is 838. The van der Waals surface area contributed by atoms with Crippen LogP contribution in [-0.2, 0) is 18.3 Å². The van der Waals surface area contributed by atoms with Gasteiger partial charge in [0, 0.05) is 36.1 Å². The molecule has 1 aromatic rings. The van der Waals surface area contributed by atoms with Crippen LogP contribution in [0.5, 0.6) is 0 Å². The molecule has 0 aromatic carbocycles. The Labute approximate surface area is 148 Å². The zero-order valence-electron chi connectivity index (χ0n) is 14.6. The fourth-order valence-corrected chi connectivity index (χ4v) is 4.04. The molecule has 0 radical (unpaired) electrons. The lowest BCUT2D eigenvalue weighted by Gasteiger charge is -2.28. The molecule has 130 valence electrons. The molecule has 0 fully saturated rings. The number of allylic oxidation sites excluding steroid dienone is 6. The largest absolute Gasteiger partial charge is 0.402 e. The van der Waals surface area contributed by atoms with Crippen LogP contribution in [0.15, 0.2) is 47.3 Å². The fourth-order valence-electron chi connectivity index (χ4n) is 4.04. The third kappa shape index (κ3) is 2.84. The summed E-state index contributed by atoms with van der Waals surface area (Å²) in [6.07, 6.45) is 14.5. The van der Waals surface area contributed by atoms with E-state index in [0.717, 1.165) is 53.7 Å². The van der Waals surface area contributed by atoms with Gasteiger partial charge in [0.25, 0.3) is 0 Å². The van der Waals surface area contributed by atoms with Crippen LogP contribution in [0.25, 0.3) is 5.57 Å². The lowest BCUT2D eigenvalue weighted by atomic mass is 9.78. The van der Waals surface area contributed by atoms with E-state index in [4.69, 9.17) is 5.73 Å². The number of aryl methyl sites for hydroxylation is 1. The highest BCUT2D eigenvalue weighted by Gasteiger charge is 2.31. The normalized spacial score (nSPS) is 22.0. The number of carbonyl (C=O) groups excluding carboxylic acids is 1. The van der Waals surface area contributed by atoms with Crippen LogP contribution in [0.4, 0.5) is 0 Å². The Morgan fingerprint density at radius 1 is 1.32 bits per heavy atom. The summed E-state index contributed by atoms with van der Waals surface area (Å²) in [4.78, 5) is 12.9. The number of fused-ring (bicyclic) bond motifs is 3. The Kier molecular flexibility index (Phi) is 4.07. The van der Waals surface area contributed by atoms with Crippen LogP contribution in [0.1, 0.15) is 36.9 Å². The maximum absolute atomic E-state index is 12.9. The predicted molar refractivity (Wildman–Crippen MR) is 98.3 cm³/mol. The number of nitrogens with two attached hydrogens (primary N) is 1. The van der Waals surface area contributed by atoms with E-state index in [2.05, 4.69) is 28.6 Å². The predicted octanol–water partition coefficient (Wildman–Crippen LogP) is 2.38. The minimum Gasteiger partial charge on any atom is -0.402 e. The maximum atomic E-state index is 12.9. The van der Waals surface area contributed by atoms with Crippen molar-refractivity contribution in [1.82, 2.24) is 15.1 Å². The Morgan fingerprint density at radius 3 is 3.00 bits per heavy atom. The van der Waals surface area contributed by atoms with E-state index in [-0.39, 0.29) is 5.91 Å². The molecule has 5 nitrogen and oxygen atoms in total. The zero-order valence-corrected chi connectivity index (χ0v) is 14.6. The van der Waals surface area contributed by atoms with Crippen molar-refractivity contribution < 1.29 is 4.79 Å². The van der Waals surface area contributed by atoms with Gasteiger partial charge < -0.3 is 11.1 Å². The molecule has 5 heteroatoms. The topological polar surface area (TPSA) is 72.9 Å². The molecule has 0 bridgehead atoms. The summed E-state index contributed by atoms with van der Waals surface area (Å²) in [6, 6.07) is 0. The molecule has 4 rings (SSSR count). The molecule has 25 heavy (non-hydrogen) atoms. The number of hydrogen-bond acceptors (Lipinski definition) is 3. The molecule has 1 aromatic heterocycles. The number of nitrogens with one attached hydrogen (secondary N) is 1. The van der Waals surface area contributed by atoms with Crippen LogP contribution in [0, 0.1) is 5.92 Å². The summed E-state index contributed by atoms with van der Waals surface area (Å²) < 4.78 is 1.92. The van der Waals surface area contributed by atoms with Crippen molar-refractivity contribution in [2.75, 3.05) is 6.54 Å². The number of aromatic nitrogens is 2. The van der Waals surface area contributed by atoms with Gasteiger partial charge in [-0.1, -0.05) is 24.3 Å². The van der Waals surface area contributed by atoms with Gasteiger partial charge in [-0.15, -0.1) is 0 Å². The molecule has 1 heterocycles. The van der Waals surface area contributed by atoms with E-state index in [1.165, 1.54) is 5.69 Å². The van der Waals surface area contributed by atoms with E-state index in [9.17, 15) is 4.79 Å². The average Bonchev–Trinajstić information content (AvgIpc) is 3.02. The maximum Gasteiger partial charge on any atom is 0.247 e. The van der Waals surface area contributed by atoms with Crippen molar-refractivity contribution in [1.29, 1.82) is 0 Å². The molecule has 1 unspecified atom stereocenters. The molecule has 3 N–H and O–H groups in total. The Balaban J connectivity index is 1.64. The third-order valence-electron chi connectivity index (χ3n) is 5.45. The Hall–Kier alpha value is -2.56. The van der Waals surface area contributed by atoms with Crippen LogP contribution >= 0.6 is 0 Å². The molecule has 0 spiro atoms. The number of nitrogens with zero attached hydrogens (tertiary/aromatic N) is 2. The minimum absolute atomic E-state index is 0.0413. The van der Waals surface area contributed by atoms with Crippen LogP contribution < -0.4 is 11.1 Å². The second-order valence-electron chi connectivity index (χ2n) is 7.00. The highest BCUT2D eigenvalue weighted by molar-refractivity contribution is 6.05. The first kappa shape index (κ1) is 15.9. The van der Waals surface area contributed by atoms with E-state index >= 15 is 0 Å².